The van der Waals surface area contributed by atoms with Gasteiger partial charge in [0.15, 0.2) is 5.78 Å². The van der Waals surface area contributed by atoms with Crippen molar-refractivity contribution in [2.24, 2.45) is 0 Å². The van der Waals surface area contributed by atoms with Gasteiger partial charge in [-0.3, -0.25) is 4.79 Å². The molecule has 0 amide bonds. The molecule has 0 aliphatic heterocycles. The minimum absolute atomic E-state index is 0.102. The van der Waals surface area contributed by atoms with Crippen LogP contribution in [0.3, 0.4) is 0 Å². The van der Waals surface area contributed by atoms with Crippen molar-refractivity contribution in [3.63, 3.8) is 0 Å². The number of ketones is 1. The highest BCUT2D eigenvalue weighted by atomic mass is 35.5. The fourth-order valence-corrected chi connectivity index (χ4v) is 1.63. The maximum absolute atomic E-state index is 12.5. The Hall–Kier alpha value is -1.82. The van der Waals surface area contributed by atoms with E-state index in [-0.39, 0.29) is 5.56 Å². The van der Waals surface area contributed by atoms with E-state index in [0.717, 1.165) is 31.2 Å². The number of Topliss-reactive ketones (excluding diaryl/α,β-unsaturated/α-hetero) is 1. The summed E-state index contributed by atoms with van der Waals surface area (Å²) in [7, 11) is 0. The second-order valence-electron chi connectivity index (χ2n) is 3.66. The molecule has 0 bridgehead atoms. The number of carbonyl (C=O) groups excluding carboxylic acids is 1. The van der Waals surface area contributed by atoms with E-state index in [0.29, 0.717) is 0 Å². The Morgan fingerprint density at radius 1 is 1.32 bits per heavy atom. The summed E-state index contributed by atoms with van der Waals surface area (Å²) in [5.41, 5.74) is -1.45. The Morgan fingerprint density at radius 2 is 1.89 bits per heavy atom. The number of rotatable bonds is 3. The number of carbonyl (C=O) groups is 2. The van der Waals surface area contributed by atoms with Gasteiger partial charge >= 0.3 is 12.1 Å². The van der Waals surface area contributed by atoms with Crippen LogP contribution in [-0.2, 0) is 15.8 Å². The van der Waals surface area contributed by atoms with Crippen LogP contribution in [-0.4, -0.2) is 16.9 Å². The zero-order chi connectivity index (χ0) is 14.8. The summed E-state index contributed by atoms with van der Waals surface area (Å²) in [5.74, 6) is -2.16. The fourth-order valence-electron chi connectivity index (χ4n) is 1.33. The molecule has 1 aromatic rings. The van der Waals surface area contributed by atoms with E-state index in [4.69, 9.17) is 16.7 Å². The van der Waals surface area contributed by atoms with Gasteiger partial charge in [-0.25, -0.2) is 4.79 Å². The van der Waals surface area contributed by atoms with E-state index in [9.17, 15) is 22.8 Å². The topological polar surface area (TPSA) is 54.4 Å². The summed E-state index contributed by atoms with van der Waals surface area (Å²) in [5, 5.41) is 8.20. The number of alkyl halides is 3. The number of carboxylic acid groups (broad SMARTS) is 1. The molecule has 0 spiro atoms. The van der Waals surface area contributed by atoms with Crippen molar-refractivity contribution in [2.75, 3.05) is 0 Å². The van der Waals surface area contributed by atoms with Crippen LogP contribution in [0, 0.1) is 0 Å². The number of hydrogen-bond acceptors (Lipinski definition) is 2. The van der Waals surface area contributed by atoms with E-state index in [1.165, 1.54) is 0 Å². The van der Waals surface area contributed by atoms with Gasteiger partial charge in [-0.2, -0.15) is 13.2 Å². The molecular formula is C12H8ClF3O3. The lowest BCUT2D eigenvalue weighted by molar-refractivity contribution is -0.137. The third-order valence-corrected chi connectivity index (χ3v) is 2.53. The molecule has 7 heteroatoms. The van der Waals surface area contributed by atoms with Crippen molar-refractivity contribution in [1.82, 2.24) is 0 Å². The van der Waals surface area contributed by atoms with Gasteiger partial charge in [-0.05, 0) is 30.7 Å². The number of carboxylic acids is 1. The summed E-state index contributed by atoms with van der Waals surface area (Å²) < 4.78 is 37.4. The first-order chi connectivity index (χ1) is 8.62. The molecule has 1 N–H and O–H groups in total. The van der Waals surface area contributed by atoms with Gasteiger partial charge in [-0.1, -0.05) is 17.7 Å². The number of hydrogen-bond donors (Lipinski definition) is 1. The van der Waals surface area contributed by atoms with Crippen molar-refractivity contribution in [3.8, 4) is 0 Å². The molecule has 0 radical (unpaired) electrons. The molecule has 0 unspecified atom stereocenters. The van der Waals surface area contributed by atoms with Crippen LogP contribution >= 0.6 is 11.6 Å². The summed E-state index contributed by atoms with van der Waals surface area (Å²) in [6, 6.07) is 2.73. The van der Waals surface area contributed by atoms with Crippen LogP contribution in [0.15, 0.2) is 23.8 Å². The average molecular weight is 293 g/mol. The van der Waals surface area contributed by atoms with E-state index in [2.05, 4.69) is 0 Å². The summed E-state index contributed by atoms with van der Waals surface area (Å²) in [4.78, 5) is 21.8. The number of halogens is 4. The lowest BCUT2D eigenvalue weighted by Crippen LogP contribution is -2.09. The quantitative estimate of drug-likeness (QED) is 0.527. The van der Waals surface area contributed by atoms with E-state index < -0.39 is 34.1 Å². The second kappa shape index (κ2) is 5.44. The Balaban J connectivity index is 3.25. The first-order valence-corrected chi connectivity index (χ1v) is 5.33. The van der Waals surface area contributed by atoms with Crippen molar-refractivity contribution in [2.45, 2.75) is 13.1 Å². The highest BCUT2D eigenvalue weighted by molar-refractivity contribution is 6.31. The standard InChI is InChI=1S/C12H8ClF3O3/c1-6(17)8(11(18)19)4-7-2-3-9(10(13)5-7)12(14,15)16/h2-5H,1H3,(H,18,19)/b8-4-. The summed E-state index contributed by atoms with van der Waals surface area (Å²) in [6.07, 6.45) is -3.62. The van der Waals surface area contributed by atoms with Crippen LogP contribution in [0.2, 0.25) is 5.02 Å². The summed E-state index contributed by atoms with van der Waals surface area (Å²) >= 11 is 5.48. The van der Waals surface area contributed by atoms with Crippen LogP contribution in [0.5, 0.6) is 0 Å². The maximum Gasteiger partial charge on any atom is 0.417 e. The lowest BCUT2D eigenvalue weighted by Gasteiger charge is -2.09. The predicted octanol–water partition coefficient (Wildman–Crippen LogP) is 3.42. The molecule has 0 aliphatic carbocycles. The van der Waals surface area contributed by atoms with E-state index >= 15 is 0 Å². The molecule has 1 rings (SSSR count). The molecule has 1 aromatic carbocycles. The lowest BCUT2D eigenvalue weighted by atomic mass is 10.1. The molecule has 0 aromatic heterocycles. The fraction of sp³-hybridized carbons (Fsp3) is 0.167. The molecule has 0 aliphatic rings. The average Bonchev–Trinajstić information content (AvgIpc) is 2.23. The number of benzene rings is 1. The Kier molecular flexibility index (Phi) is 4.36. The molecule has 0 saturated carbocycles. The summed E-state index contributed by atoms with van der Waals surface area (Å²) in [6.45, 7) is 1.05. The zero-order valence-electron chi connectivity index (χ0n) is 9.58. The second-order valence-corrected chi connectivity index (χ2v) is 4.06. The van der Waals surface area contributed by atoms with Crippen LogP contribution in [0.25, 0.3) is 6.08 Å². The van der Waals surface area contributed by atoms with Gasteiger partial charge in [0.2, 0.25) is 0 Å². The molecule has 0 atom stereocenters. The van der Waals surface area contributed by atoms with Crippen molar-refractivity contribution in [1.29, 1.82) is 0 Å². The monoisotopic (exact) mass is 292 g/mol. The van der Waals surface area contributed by atoms with Gasteiger partial charge < -0.3 is 5.11 Å². The van der Waals surface area contributed by atoms with Gasteiger partial charge in [0.1, 0.15) is 5.57 Å². The SMILES string of the molecule is CC(=O)/C(=C/c1ccc(C(F)(F)F)c(Cl)c1)C(=O)O. The molecule has 102 valence electrons. The largest absolute Gasteiger partial charge is 0.478 e. The van der Waals surface area contributed by atoms with Crippen LogP contribution in [0.4, 0.5) is 13.2 Å². The van der Waals surface area contributed by atoms with E-state index in [1.807, 2.05) is 0 Å². The van der Waals surface area contributed by atoms with Crippen molar-refractivity contribution < 1.29 is 27.9 Å². The third kappa shape index (κ3) is 3.82. The Labute approximate surface area is 111 Å². The minimum Gasteiger partial charge on any atom is -0.478 e. The molecule has 0 fully saturated rings. The van der Waals surface area contributed by atoms with Crippen molar-refractivity contribution >= 4 is 29.4 Å². The molecule has 19 heavy (non-hydrogen) atoms. The van der Waals surface area contributed by atoms with Gasteiger partial charge in [0.25, 0.3) is 0 Å². The molecule has 3 nitrogen and oxygen atoms in total. The van der Waals surface area contributed by atoms with Gasteiger partial charge in [0.05, 0.1) is 10.6 Å². The highest BCUT2D eigenvalue weighted by Gasteiger charge is 2.32. The first-order valence-electron chi connectivity index (χ1n) is 4.95. The normalized spacial score (nSPS) is 12.4. The Morgan fingerprint density at radius 3 is 2.26 bits per heavy atom. The first kappa shape index (κ1) is 15.2. The highest BCUT2D eigenvalue weighted by Crippen LogP contribution is 2.35. The van der Waals surface area contributed by atoms with Crippen LogP contribution < -0.4 is 0 Å². The molecule has 0 heterocycles. The third-order valence-electron chi connectivity index (χ3n) is 2.22. The van der Waals surface area contributed by atoms with Gasteiger partial charge in [0, 0.05) is 0 Å². The zero-order valence-corrected chi connectivity index (χ0v) is 10.3. The molecule has 0 saturated heterocycles. The van der Waals surface area contributed by atoms with E-state index in [1.54, 1.807) is 0 Å². The number of aliphatic carboxylic acids is 1. The maximum atomic E-state index is 12.5. The predicted molar refractivity (Wildman–Crippen MR) is 62.7 cm³/mol. The van der Waals surface area contributed by atoms with Gasteiger partial charge in [-0.15, -0.1) is 0 Å². The van der Waals surface area contributed by atoms with Crippen molar-refractivity contribution in [3.05, 3.63) is 39.9 Å². The minimum atomic E-state index is -4.59. The van der Waals surface area contributed by atoms with Crippen LogP contribution in [0.1, 0.15) is 18.1 Å². The molecular weight excluding hydrogens is 285 g/mol. The Bertz CT molecular complexity index is 546. The smallest absolute Gasteiger partial charge is 0.417 e.